The Labute approximate surface area is 166 Å². The van der Waals surface area contributed by atoms with Crippen molar-refractivity contribution in [2.75, 3.05) is 25.1 Å². The minimum absolute atomic E-state index is 0.0730. The van der Waals surface area contributed by atoms with E-state index in [-0.39, 0.29) is 5.69 Å². The van der Waals surface area contributed by atoms with Gasteiger partial charge in [0.25, 0.3) is 11.6 Å². The Balaban J connectivity index is 1.50. The predicted octanol–water partition coefficient (Wildman–Crippen LogP) is 2.87. The highest BCUT2D eigenvalue weighted by atomic mass is 16.6. The van der Waals surface area contributed by atoms with Crippen LogP contribution < -0.4 is 14.8 Å². The second-order valence-corrected chi connectivity index (χ2v) is 6.15. The number of nitro benzene ring substituents is 1. The summed E-state index contributed by atoms with van der Waals surface area (Å²) in [5.74, 6) is 0.0114. The van der Waals surface area contributed by atoms with E-state index < -0.39 is 23.4 Å². The Morgan fingerprint density at radius 3 is 2.66 bits per heavy atom. The molecule has 2 aromatic rings. The number of benzene rings is 2. The molecule has 1 amide bonds. The highest BCUT2D eigenvalue weighted by molar-refractivity contribution is 5.95. The molecule has 29 heavy (non-hydrogen) atoms. The maximum Gasteiger partial charge on any atom is 0.331 e. The molecule has 0 spiro atoms. The third-order valence-corrected chi connectivity index (χ3v) is 4.02. The first-order chi connectivity index (χ1) is 13.9. The summed E-state index contributed by atoms with van der Waals surface area (Å²) in [6.07, 6.45) is 2.74. The lowest BCUT2D eigenvalue weighted by Crippen LogP contribution is -2.20. The van der Waals surface area contributed by atoms with Gasteiger partial charge >= 0.3 is 5.97 Å². The lowest BCUT2D eigenvalue weighted by atomic mass is 10.2. The zero-order chi connectivity index (χ0) is 20.8. The van der Waals surface area contributed by atoms with E-state index in [1.54, 1.807) is 31.2 Å². The molecule has 0 atom stereocenters. The lowest BCUT2D eigenvalue weighted by Gasteiger charge is -2.18. The van der Waals surface area contributed by atoms with Crippen LogP contribution in [0.4, 0.5) is 11.4 Å². The molecule has 0 aromatic heterocycles. The zero-order valence-corrected chi connectivity index (χ0v) is 15.5. The molecule has 0 fully saturated rings. The molecule has 9 heteroatoms. The van der Waals surface area contributed by atoms with Crippen molar-refractivity contribution in [1.29, 1.82) is 0 Å². The second kappa shape index (κ2) is 8.87. The summed E-state index contributed by atoms with van der Waals surface area (Å²) in [5, 5.41) is 13.3. The van der Waals surface area contributed by atoms with Crippen LogP contribution in [-0.4, -0.2) is 36.6 Å². The Hall–Kier alpha value is -3.88. The van der Waals surface area contributed by atoms with Crippen LogP contribution in [0.15, 0.2) is 42.5 Å². The fraction of sp³-hybridized carbons (Fsp3) is 0.200. The average Bonchev–Trinajstić information content (AvgIpc) is 2.72. The zero-order valence-electron chi connectivity index (χ0n) is 15.5. The first kappa shape index (κ1) is 19.9. The minimum atomic E-state index is -0.685. The number of non-ortho nitro benzene ring substituents is 1. The number of hydrogen-bond acceptors (Lipinski definition) is 7. The normalized spacial score (nSPS) is 12.4. The topological polar surface area (TPSA) is 117 Å². The van der Waals surface area contributed by atoms with Crippen LogP contribution in [0.1, 0.15) is 11.1 Å². The van der Waals surface area contributed by atoms with Crippen molar-refractivity contribution in [1.82, 2.24) is 0 Å². The standard InChI is InChI=1S/C20H18N2O7/c1-13-10-15(22(25)26)4-5-16(13)21-19(23)12-29-20(24)7-3-14-2-6-17-18(11-14)28-9-8-27-17/h2-7,10-11H,8-9,12H2,1H3,(H,21,23)/b7-3+. The van der Waals surface area contributed by atoms with Gasteiger partial charge in [0.1, 0.15) is 13.2 Å². The van der Waals surface area contributed by atoms with Crippen molar-refractivity contribution in [2.45, 2.75) is 6.92 Å². The Kier molecular flexibility index (Phi) is 6.08. The molecule has 0 radical (unpaired) electrons. The third kappa shape index (κ3) is 5.32. The van der Waals surface area contributed by atoms with Crippen molar-refractivity contribution in [2.24, 2.45) is 0 Å². The van der Waals surface area contributed by atoms with E-state index in [0.29, 0.717) is 36.0 Å². The van der Waals surface area contributed by atoms with Gasteiger partial charge in [-0.15, -0.1) is 0 Å². The van der Waals surface area contributed by atoms with Crippen LogP contribution in [0, 0.1) is 17.0 Å². The molecule has 0 bridgehead atoms. The van der Waals surface area contributed by atoms with E-state index >= 15 is 0 Å². The van der Waals surface area contributed by atoms with Gasteiger partial charge in [-0.2, -0.15) is 0 Å². The minimum Gasteiger partial charge on any atom is -0.486 e. The molecule has 2 aromatic carbocycles. The maximum absolute atomic E-state index is 11.9. The molecule has 0 saturated carbocycles. The van der Waals surface area contributed by atoms with Crippen LogP contribution in [0.25, 0.3) is 6.08 Å². The van der Waals surface area contributed by atoms with Gasteiger partial charge in [0.2, 0.25) is 0 Å². The van der Waals surface area contributed by atoms with Crippen LogP contribution in [0.2, 0.25) is 0 Å². The summed E-state index contributed by atoms with van der Waals surface area (Å²) < 4.78 is 15.8. The van der Waals surface area contributed by atoms with Crippen LogP contribution in [-0.2, 0) is 14.3 Å². The van der Waals surface area contributed by atoms with E-state index in [2.05, 4.69) is 5.32 Å². The van der Waals surface area contributed by atoms with Gasteiger partial charge in [-0.25, -0.2) is 4.79 Å². The quantitative estimate of drug-likeness (QED) is 0.344. The monoisotopic (exact) mass is 398 g/mol. The molecule has 1 heterocycles. The van der Waals surface area contributed by atoms with E-state index in [9.17, 15) is 19.7 Å². The summed E-state index contributed by atoms with van der Waals surface area (Å²) in [7, 11) is 0. The van der Waals surface area contributed by atoms with Gasteiger partial charge in [0.15, 0.2) is 18.1 Å². The number of aryl methyl sites for hydroxylation is 1. The second-order valence-electron chi connectivity index (χ2n) is 6.15. The number of carbonyl (C=O) groups excluding carboxylic acids is 2. The highest BCUT2D eigenvalue weighted by Gasteiger charge is 2.12. The predicted molar refractivity (Wildman–Crippen MR) is 104 cm³/mol. The number of fused-ring (bicyclic) bond motifs is 1. The van der Waals surface area contributed by atoms with Crippen molar-refractivity contribution < 1.29 is 28.7 Å². The number of nitrogens with zero attached hydrogens (tertiary/aromatic N) is 1. The van der Waals surface area contributed by atoms with Gasteiger partial charge < -0.3 is 19.5 Å². The van der Waals surface area contributed by atoms with Gasteiger partial charge in [0.05, 0.1) is 4.92 Å². The first-order valence-electron chi connectivity index (χ1n) is 8.72. The number of nitro groups is 1. The number of ether oxygens (including phenoxy) is 3. The molecular formula is C20H18N2O7. The highest BCUT2D eigenvalue weighted by Crippen LogP contribution is 2.31. The van der Waals surface area contributed by atoms with Crippen LogP contribution in [0.3, 0.4) is 0 Å². The smallest absolute Gasteiger partial charge is 0.331 e. The summed E-state index contributed by atoms with van der Waals surface area (Å²) in [4.78, 5) is 34.0. The molecule has 0 unspecified atom stereocenters. The Morgan fingerprint density at radius 1 is 1.17 bits per heavy atom. The fourth-order valence-electron chi connectivity index (χ4n) is 2.60. The maximum atomic E-state index is 11.9. The molecule has 0 aliphatic carbocycles. The molecule has 1 aliphatic heterocycles. The van der Waals surface area contributed by atoms with Gasteiger partial charge in [-0.3, -0.25) is 14.9 Å². The summed E-state index contributed by atoms with van der Waals surface area (Å²) in [6.45, 7) is 2.10. The van der Waals surface area contributed by atoms with Gasteiger partial charge in [-0.1, -0.05) is 6.07 Å². The molecule has 3 rings (SSSR count). The largest absolute Gasteiger partial charge is 0.486 e. The summed E-state index contributed by atoms with van der Waals surface area (Å²) in [6, 6.07) is 9.31. The first-order valence-corrected chi connectivity index (χ1v) is 8.72. The lowest BCUT2D eigenvalue weighted by molar-refractivity contribution is -0.384. The van der Waals surface area contributed by atoms with Crippen molar-refractivity contribution in [3.63, 3.8) is 0 Å². The molecule has 9 nitrogen and oxygen atoms in total. The van der Waals surface area contributed by atoms with Crippen molar-refractivity contribution in [3.8, 4) is 11.5 Å². The molecule has 150 valence electrons. The molecule has 1 N–H and O–H groups in total. The average molecular weight is 398 g/mol. The third-order valence-electron chi connectivity index (χ3n) is 4.02. The molecule has 1 aliphatic rings. The van der Waals surface area contributed by atoms with E-state index in [1.165, 1.54) is 24.3 Å². The number of esters is 1. The molecule has 0 saturated heterocycles. The van der Waals surface area contributed by atoms with E-state index in [0.717, 1.165) is 5.56 Å². The fourth-order valence-corrected chi connectivity index (χ4v) is 2.60. The van der Waals surface area contributed by atoms with Crippen molar-refractivity contribution >= 4 is 29.3 Å². The number of nitrogens with one attached hydrogen (secondary N) is 1. The summed E-state index contributed by atoms with van der Waals surface area (Å²) >= 11 is 0. The number of rotatable bonds is 6. The number of hydrogen-bond donors (Lipinski definition) is 1. The van der Waals surface area contributed by atoms with Crippen LogP contribution in [0.5, 0.6) is 11.5 Å². The number of anilines is 1. The molecular weight excluding hydrogens is 380 g/mol. The SMILES string of the molecule is Cc1cc([N+](=O)[O-])ccc1NC(=O)COC(=O)/C=C/c1ccc2c(c1)OCCO2. The Bertz CT molecular complexity index is 985. The van der Waals surface area contributed by atoms with Crippen LogP contribution >= 0.6 is 0 Å². The number of carbonyl (C=O) groups is 2. The van der Waals surface area contributed by atoms with E-state index in [1.807, 2.05) is 0 Å². The van der Waals surface area contributed by atoms with Gasteiger partial charge in [0, 0.05) is 23.9 Å². The summed E-state index contributed by atoms with van der Waals surface area (Å²) in [5.41, 5.74) is 1.58. The van der Waals surface area contributed by atoms with E-state index in [4.69, 9.17) is 14.2 Å². The van der Waals surface area contributed by atoms with Crippen molar-refractivity contribution in [3.05, 3.63) is 63.7 Å². The van der Waals surface area contributed by atoms with Gasteiger partial charge in [-0.05, 0) is 42.3 Å². The Morgan fingerprint density at radius 2 is 1.93 bits per heavy atom. The number of amides is 1.